The van der Waals surface area contributed by atoms with Crippen molar-refractivity contribution in [1.82, 2.24) is 9.97 Å². The van der Waals surface area contributed by atoms with Gasteiger partial charge in [-0.15, -0.1) is 0 Å². The van der Waals surface area contributed by atoms with Gasteiger partial charge in [0, 0.05) is 31.9 Å². The van der Waals surface area contributed by atoms with Crippen LogP contribution in [0.1, 0.15) is 11.1 Å². The summed E-state index contributed by atoms with van der Waals surface area (Å²) in [5, 5.41) is 11.9. The van der Waals surface area contributed by atoms with Gasteiger partial charge in [-0.05, 0) is 43.2 Å². The molecule has 1 aliphatic rings. The minimum absolute atomic E-state index is 0.0480. The molecule has 3 aromatic rings. The maximum atomic E-state index is 11.9. The van der Waals surface area contributed by atoms with Crippen molar-refractivity contribution in [2.45, 2.75) is 13.8 Å². The van der Waals surface area contributed by atoms with E-state index in [1.54, 1.807) is 24.3 Å². The predicted molar refractivity (Wildman–Crippen MR) is 116 cm³/mol. The molecule has 8 nitrogen and oxygen atoms in total. The Balaban J connectivity index is 1.57. The highest BCUT2D eigenvalue weighted by atomic mass is 16.6. The van der Waals surface area contributed by atoms with E-state index in [9.17, 15) is 10.1 Å². The second kappa shape index (κ2) is 8.36. The van der Waals surface area contributed by atoms with Gasteiger partial charge in [-0.1, -0.05) is 30.3 Å². The molecule has 1 aliphatic heterocycles. The lowest BCUT2D eigenvalue weighted by Gasteiger charge is -2.37. The van der Waals surface area contributed by atoms with Crippen LogP contribution in [0, 0.1) is 24.0 Å². The molecule has 0 atom stereocenters. The second-order valence-electron chi connectivity index (χ2n) is 7.22. The monoisotopic (exact) mass is 405 g/mol. The highest BCUT2D eigenvalue weighted by Gasteiger charge is 2.31. The molecule has 154 valence electrons. The first-order chi connectivity index (χ1) is 14.5. The summed E-state index contributed by atoms with van der Waals surface area (Å²) < 4.78 is 5.69. The van der Waals surface area contributed by atoms with Crippen LogP contribution < -0.4 is 14.5 Å². The molecule has 2 heterocycles. The number of ether oxygens (including phenoxy) is 1. The third-order valence-electron chi connectivity index (χ3n) is 5.41. The predicted octanol–water partition coefficient (Wildman–Crippen LogP) is 4.12. The second-order valence-corrected chi connectivity index (χ2v) is 7.22. The number of nitro groups is 1. The first kappa shape index (κ1) is 19.6. The number of anilines is 2. The minimum atomic E-state index is -0.468. The zero-order valence-corrected chi connectivity index (χ0v) is 17.0. The van der Waals surface area contributed by atoms with Gasteiger partial charge in [0.05, 0.1) is 4.92 Å². The Morgan fingerprint density at radius 3 is 2.33 bits per heavy atom. The Morgan fingerprint density at radius 2 is 1.63 bits per heavy atom. The zero-order chi connectivity index (χ0) is 21.1. The van der Waals surface area contributed by atoms with E-state index < -0.39 is 4.92 Å². The van der Waals surface area contributed by atoms with Crippen molar-refractivity contribution in [3.63, 3.8) is 0 Å². The van der Waals surface area contributed by atoms with Crippen LogP contribution in [0.15, 0.2) is 54.9 Å². The van der Waals surface area contributed by atoms with E-state index in [4.69, 9.17) is 4.74 Å². The Bertz CT molecular complexity index is 1050. The lowest BCUT2D eigenvalue weighted by molar-refractivity contribution is -0.385. The molecule has 0 amide bonds. The summed E-state index contributed by atoms with van der Waals surface area (Å²) in [5.74, 6) is 0.736. The number of hydrogen-bond donors (Lipinski definition) is 0. The van der Waals surface area contributed by atoms with Gasteiger partial charge in [0.25, 0.3) is 0 Å². The van der Waals surface area contributed by atoms with Crippen molar-refractivity contribution in [2.24, 2.45) is 0 Å². The standard InChI is InChI=1S/C22H23N5O3/c1-16-7-6-10-19(17(16)2)25-11-13-26(14-12-25)21-20(27(28)29)22(24-15-23-21)30-18-8-4-3-5-9-18/h3-10,15H,11-14H2,1-2H3. The van der Waals surface area contributed by atoms with Crippen molar-refractivity contribution in [3.05, 3.63) is 76.1 Å². The average molecular weight is 405 g/mol. The fourth-order valence-electron chi connectivity index (χ4n) is 3.66. The fraction of sp³-hybridized carbons (Fsp3) is 0.273. The summed E-state index contributed by atoms with van der Waals surface area (Å²) in [5.41, 5.74) is 3.52. The first-order valence-corrected chi connectivity index (χ1v) is 9.83. The summed E-state index contributed by atoms with van der Waals surface area (Å²) in [6.45, 7) is 6.97. The Morgan fingerprint density at radius 1 is 0.933 bits per heavy atom. The molecule has 4 rings (SSSR count). The number of aryl methyl sites for hydroxylation is 1. The van der Waals surface area contributed by atoms with Crippen LogP contribution in [0.3, 0.4) is 0 Å². The molecular weight excluding hydrogens is 382 g/mol. The summed E-state index contributed by atoms with van der Waals surface area (Å²) >= 11 is 0. The molecule has 0 unspecified atom stereocenters. The van der Waals surface area contributed by atoms with Crippen molar-refractivity contribution < 1.29 is 9.66 Å². The molecule has 0 saturated carbocycles. The molecule has 0 spiro atoms. The quantitative estimate of drug-likeness (QED) is 0.466. The zero-order valence-electron chi connectivity index (χ0n) is 17.0. The maximum Gasteiger partial charge on any atom is 0.373 e. The lowest BCUT2D eigenvalue weighted by atomic mass is 10.1. The highest BCUT2D eigenvalue weighted by molar-refractivity contribution is 5.64. The molecule has 8 heteroatoms. The Kier molecular flexibility index (Phi) is 5.47. The van der Waals surface area contributed by atoms with Crippen LogP contribution in [0.4, 0.5) is 17.2 Å². The smallest absolute Gasteiger partial charge is 0.373 e. The molecule has 0 radical (unpaired) electrons. The van der Waals surface area contributed by atoms with E-state index in [0.717, 1.165) is 13.1 Å². The van der Waals surface area contributed by atoms with E-state index in [2.05, 4.69) is 46.9 Å². The van der Waals surface area contributed by atoms with Crippen LogP contribution in [0.5, 0.6) is 11.6 Å². The number of para-hydroxylation sites is 1. The van der Waals surface area contributed by atoms with Gasteiger partial charge in [0.2, 0.25) is 5.82 Å². The largest absolute Gasteiger partial charge is 0.434 e. The van der Waals surface area contributed by atoms with E-state index in [1.807, 2.05) is 11.0 Å². The van der Waals surface area contributed by atoms with Crippen molar-refractivity contribution in [3.8, 4) is 11.6 Å². The normalized spacial score (nSPS) is 13.9. The molecular formula is C22H23N5O3. The van der Waals surface area contributed by atoms with E-state index in [1.165, 1.54) is 23.1 Å². The SMILES string of the molecule is Cc1cccc(N2CCN(c3ncnc(Oc4ccccc4)c3[N+](=O)[O-])CC2)c1C. The van der Waals surface area contributed by atoms with E-state index >= 15 is 0 Å². The van der Waals surface area contributed by atoms with Crippen molar-refractivity contribution in [1.29, 1.82) is 0 Å². The minimum Gasteiger partial charge on any atom is -0.434 e. The molecule has 0 N–H and O–H groups in total. The van der Waals surface area contributed by atoms with Gasteiger partial charge in [-0.3, -0.25) is 10.1 Å². The highest BCUT2D eigenvalue weighted by Crippen LogP contribution is 2.36. The van der Waals surface area contributed by atoms with Crippen LogP contribution in [-0.4, -0.2) is 41.1 Å². The van der Waals surface area contributed by atoms with Crippen molar-refractivity contribution >= 4 is 17.2 Å². The number of rotatable bonds is 5. The average Bonchev–Trinajstić information content (AvgIpc) is 2.76. The number of nitrogens with zero attached hydrogens (tertiary/aromatic N) is 5. The Hall–Kier alpha value is -3.68. The summed E-state index contributed by atoms with van der Waals surface area (Å²) in [6, 6.07) is 15.2. The van der Waals surface area contributed by atoms with E-state index in [0.29, 0.717) is 24.7 Å². The van der Waals surface area contributed by atoms with Crippen LogP contribution >= 0.6 is 0 Å². The van der Waals surface area contributed by atoms with Gasteiger partial charge in [0.15, 0.2) is 0 Å². The van der Waals surface area contributed by atoms with Gasteiger partial charge < -0.3 is 14.5 Å². The summed E-state index contributed by atoms with van der Waals surface area (Å²) in [4.78, 5) is 23.9. The van der Waals surface area contributed by atoms with Crippen molar-refractivity contribution in [2.75, 3.05) is 36.0 Å². The number of piperazine rings is 1. The summed E-state index contributed by atoms with van der Waals surface area (Å²) in [7, 11) is 0. The van der Waals surface area contributed by atoms with Gasteiger partial charge in [-0.2, -0.15) is 4.98 Å². The summed E-state index contributed by atoms with van der Waals surface area (Å²) in [6.07, 6.45) is 1.32. The maximum absolute atomic E-state index is 11.9. The fourth-order valence-corrected chi connectivity index (χ4v) is 3.66. The number of aromatic nitrogens is 2. The first-order valence-electron chi connectivity index (χ1n) is 9.83. The molecule has 30 heavy (non-hydrogen) atoms. The number of benzene rings is 2. The van der Waals surface area contributed by atoms with Crippen LogP contribution in [0.2, 0.25) is 0 Å². The lowest BCUT2D eigenvalue weighted by Crippen LogP contribution is -2.47. The molecule has 1 saturated heterocycles. The van der Waals surface area contributed by atoms with Gasteiger partial charge in [0.1, 0.15) is 12.1 Å². The van der Waals surface area contributed by atoms with Crippen LogP contribution in [-0.2, 0) is 0 Å². The molecule has 0 aliphatic carbocycles. The molecule has 2 aromatic carbocycles. The third kappa shape index (κ3) is 3.89. The molecule has 0 bridgehead atoms. The van der Waals surface area contributed by atoms with Gasteiger partial charge >= 0.3 is 11.6 Å². The Labute approximate surface area is 174 Å². The molecule has 1 aromatic heterocycles. The third-order valence-corrected chi connectivity index (χ3v) is 5.41. The molecule has 1 fully saturated rings. The number of hydrogen-bond acceptors (Lipinski definition) is 7. The van der Waals surface area contributed by atoms with E-state index in [-0.39, 0.29) is 11.6 Å². The van der Waals surface area contributed by atoms with Crippen LogP contribution in [0.25, 0.3) is 0 Å². The topological polar surface area (TPSA) is 84.6 Å². The van der Waals surface area contributed by atoms with Gasteiger partial charge in [-0.25, -0.2) is 4.98 Å².